The Labute approximate surface area is 133 Å². The minimum Gasteiger partial charge on any atom is -0.306 e. The van der Waals surface area contributed by atoms with Crippen LogP contribution in [-0.2, 0) is 0 Å². The smallest absolute Gasteiger partial charge is 0.0609 e. The molecule has 2 rings (SSSR count). The van der Waals surface area contributed by atoms with Crippen molar-refractivity contribution in [2.75, 3.05) is 6.54 Å². The first-order valence-electron chi connectivity index (χ1n) is 6.72. The van der Waals surface area contributed by atoms with Crippen molar-refractivity contribution in [3.63, 3.8) is 0 Å². The van der Waals surface area contributed by atoms with Gasteiger partial charge in [0.2, 0.25) is 0 Å². The lowest BCUT2D eigenvalue weighted by Crippen LogP contribution is -2.24. The second kappa shape index (κ2) is 7.21. The molecule has 1 N–H and O–H groups in total. The van der Waals surface area contributed by atoms with Gasteiger partial charge < -0.3 is 5.32 Å². The SMILES string of the molecule is CCCNC(c1cnccc1C)c1ccc(Br)cc1Cl. The number of benzene rings is 1. The fraction of sp³-hybridized carbons (Fsp3) is 0.312. The molecule has 2 aromatic rings. The van der Waals surface area contributed by atoms with Crippen molar-refractivity contribution in [3.8, 4) is 0 Å². The van der Waals surface area contributed by atoms with Crippen LogP contribution in [0.4, 0.5) is 0 Å². The summed E-state index contributed by atoms with van der Waals surface area (Å²) in [5.41, 5.74) is 3.47. The largest absolute Gasteiger partial charge is 0.306 e. The van der Waals surface area contributed by atoms with E-state index in [1.807, 2.05) is 30.6 Å². The monoisotopic (exact) mass is 352 g/mol. The van der Waals surface area contributed by atoms with Gasteiger partial charge in [-0.3, -0.25) is 4.98 Å². The molecular formula is C16H18BrClN2. The van der Waals surface area contributed by atoms with Gasteiger partial charge in [0.1, 0.15) is 0 Å². The first-order valence-corrected chi connectivity index (χ1v) is 7.89. The predicted octanol–water partition coefficient (Wildman–Crippen LogP) is 4.89. The van der Waals surface area contributed by atoms with E-state index in [-0.39, 0.29) is 6.04 Å². The van der Waals surface area contributed by atoms with Crippen molar-refractivity contribution < 1.29 is 0 Å². The average Bonchev–Trinajstić information content (AvgIpc) is 2.42. The zero-order valence-corrected chi connectivity index (χ0v) is 14.0. The molecule has 0 saturated heterocycles. The number of aromatic nitrogens is 1. The van der Waals surface area contributed by atoms with E-state index in [1.165, 1.54) is 11.1 Å². The first-order chi connectivity index (χ1) is 9.63. The Hall–Kier alpha value is -0.900. The van der Waals surface area contributed by atoms with Crippen molar-refractivity contribution in [2.45, 2.75) is 26.3 Å². The molecule has 2 nitrogen and oxygen atoms in total. The normalized spacial score (nSPS) is 12.4. The number of pyridine rings is 1. The lowest BCUT2D eigenvalue weighted by molar-refractivity contribution is 0.594. The summed E-state index contributed by atoms with van der Waals surface area (Å²) in [6.45, 7) is 5.19. The Kier molecular flexibility index (Phi) is 5.58. The first kappa shape index (κ1) is 15.5. The third kappa shape index (κ3) is 3.60. The van der Waals surface area contributed by atoms with Crippen molar-refractivity contribution in [1.29, 1.82) is 0 Å². The predicted molar refractivity (Wildman–Crippen MR) is 88.3 cm³/mol. The van der Waals surface area contributed by atoms with Gasteiger partial charge in [-0.05, 0) is 54.8 Å². The van der Waals surface area contributed by atoms with Crippen LogP contribution in [0.3, 0.4) is 0 Å². The van der Waals surface area contributed by atoms with Crippen LogP contribution in [0.25, 0.3) is 0 Å². The summed E-state index contributed by atoms with van der Waals surface area (Å²) >= 11 is 9.87. The molecule has 0 aliphatic carbocycles. The minimum absolute atomic E-state index is 0.0734. The van der Waals surface area contributed by atoms with Gasteiger partial charge in [0, 0.05) is 21.9 Å². The average molecular weight is 354 g/mol. The van der Waals surface area contributed by atoms with Crippen LogP contribution in [0.1, 0.15) is 36.1 Å². The maximum Gasteiger partial charge on any atom is 0.0609 e. The molecule has 0 fully saturated rings. The van der Waals surface area contributed by atoms with E-state index in [4.69, 9.17) is 11.6 Å². The number of hydrogen-bond donors (Lipinski definition) is 1. The topological polar surface area (TPSA) is 24.9 Å². The maximum absolute atomic E-state index is 6.42. The number of rotatable bonds is 5. The highest BCUT2D eigenvalue weighted by Crippen LogP contribution is 2.31. The summed E-state index contributed by atoms with van der Waals surface area (Å²) in [6, 6.07) is 8.12. The Morgan fingerprint density at radius 2 is 2.10 bits per heavy atom. The fourth-order valence-corrected chi connectivity index (χ4v) is 2.97. The Bertz CT molecular complexity index is 586. The number of nitrogens with one attached hydrogen (secondary N) is 1. The van der Waals surface area contributed by atoms with Crippen molar-refractivity contribution in [1.82, 2.24) is 10.3 Å². The standard InChI is InChI=1S/C16H18BrClN2/c1-3-7-20-16(14-10-19-8-6-11(14)2)13-5-4-12(17)9-15(13)18/h4-6,8-10,16,20H,3,7H2,1-2H3. The molecule has 1 unspecified atom stereocenters. The van der Waals surface area contributed by atoms with Crippen LogP contribution >= 0.6 is 27.5 Å². The van der Waals surface area contributed by atoms with Crippen LogP contribution in [0, 0.1) is 6.92 Å². The van der Waals surface area contributed by atoms with Crippen LogP contribution in [0.5, 0.6) is 0 Å². The highest BCUT2D eigenvalue weighted by Gasteiger charge is 2.18. The van der Waals surface area contributed by atoms with Crippen molar-refractivity contribution in [2.24, 2.45) is 0 Å². The molecule has 1 heterocycles. The second-order valence-corrected chi connectivity index (χ2v) is 6.11. The summed E-state index contributed by atoms with van der Waals surface area (Å²) in [4.78, 5) is 4.25. The Balaban J connectivity index is 2.44. The number of hydrogen-bond acceptors (Lipinski definition) is 2. The van der Waals surface area contributed by atoms with E-state index in [1.54, 1.807) is 0 Å². The molecule has 1 aromatic carbocycles. The molecule has 0 aliphatic rings. The van der Waals surface area contributed by atoms with Gasteiger partial charge in [0.05, 0.1) is 6.04 Å². The second-order valence-electron chi connectivity index (χ2n) is 4.79. The molecule has 4 heteroatoms. The molecule has 0 amide bonds. The van der Waals surface area contributed by atoms with Crippen LogP contribution in [0.2, 0.25) is 5.02 Å². The molecule has 1 aromatic heterocycles. The van der Waals surface area contributed by atoms with E-state index in [2.05, 4.69) is 46.1 Å². The lowest BCUT2D eigenvalue weighted by Gasteiger charge is -2.22. The van der Waals surface area contributed by atoms with Crippen molar-refractivity contribution in [3.05, 3.63) is 62.8 Å². The van der Waals surface area contributed by atoms with E-state index < -0.39 is 0 Å². The summed E-state index contributed by atoms with van der Waals surface area (Å²) in [5, 5.41) is 4.32. The minimum atomic E-state index is 0.0734. The van der Waals surface area contributed by atoms with Gasteiger partial charge in [-0.15, -0.1) is 0 Å². The van der Waals surface area contributed by atoms with Crippen LogP contribution in [-0.4, -0.2) is 11.5 Å². The quantitative estimate of drug-likeness (QED) is 0.827. The van der Waals surface area contributed by atoms with Crippen LogP contribution < -0.4 is 5.32 Å². The van der Waals surface area contributed by atoms with Crippen LogP contribution in [0.15, 0.2) is 41.1 Å². The maximum atomic E-state index is 6.42. The highest BCUT2D eigenvalue weighted by molar-refractivity contribution is 9.10. The Morgan fingerprint density at radius 1 is 1.30 bits per heavy atom. The number of nitrogens with zero attached hydrogens (tertiary/aromatic N) is 1. The lowest BCUT2D eigenvalue weighted by atomic mass is 9.96. The van der Waals surface area contributed by atoms with Gasteiger partial charge in [-0.1, -0.05) is 40.5 Å². The molecule has 106 valence electrons. The molecule has 0 radical (unpaired) electrons. The van der Waals surface area contributed by atoms with Gasteiger partial charge in [-0.25, -0.2) is 0 Å². The third-order valence-electron chi connectivity index (χ3n) is 3.26. The zero-order chi connectivity index (χ0) is 14.5. The Morgan fingerprint density at radius 3 is 2.75 bits per heavy atom. The van der Waals surface area contributed by atoms with Gasteiger partial charge >= 0.3 is 0 Å². The summed E-state index contributed by atoms with van der Waals surface area (Å²) < 4.78 is 0.989. The van der Waals surface area contributed by atoms with E-state index >= 15 is 0 Å². The van der Waals surface area contributed by atoms with Gasteiger partial charge in [0.25, 0.3) is 0 Å². The molecule has 0 aliphatic heterocycles. The number of halogens is 2. The summed E-state index contributed by atoms with van der Waals surface area (Å²) in [7, 11) is 0. The molecule has 20 heavy (non-hydrogen) atoms. The van der Waals surface area contributed by atoms with Gasteiger partial charge in [0.15, 0.2) is 0 Å². The number of aryl methyl sites for hydroxylation is 1. The van der Waals surface area contributed by atoms with E-state index in [0.29, 0.717) is 0 Å². The fourth-order valence-electron chi connectivity index (χ4n) is 2.19. The molecular weight excluding hydrogens is 336 g/mol. The van der Waals surface area contributed by atoms with E-state index in [9.17, 15) is 0 Å². The molecule has 0 bridgehead atoms. The molecule has 0 spiro atoms. The summed E-state index contributed by atoms with van der Waals surface area (Å²) in [6.07, 6.45) is 4.81. The summed E-state index contributed by atoms with van der Waals surface area (Å²) in [5.74, 6) is 0. The third-order valence-corrected chi connectivity index (χ3v) is 4.08. The zero-order valence-electron chi connectivity index (χ0n) is 11.7. The molecule has 1 atom stereocenters. The van der Waals surface area contributed by atoms with Crippen molar-refractivity contribution >= 4 is 27.5 Å². The van der Waals surface area contributed by atoms with E-state index in [0.717, 1.165) is 28.0 Å². The molecule has 0 saturated carbocycles. The van der Waals surface area contributed by atoms with Gasteiger partial charge in [-0.2, -0.15) is 0 Å². The highest BCUT2D eigenvalue weighted by atomic mass is 79.9.